The van der Waals surface area contributed by atoms with Crippen LogP contribution in [0.15, 0.2) is 30.5 Å². The molecule has 0 aliphatic rings. The van der Waals surface area contributed by atoms with Crippen LogP contribution in [0.1, 0.15) is 52.8 Å². The third kappa shape index (κ3) is 5.68. The van der Waals surface area contributed by atoms with Crippen molar-refractivity contribution in [2.75, 3.05) is 6.61 Å². The molecule has 0 amide bonds. The van der Waals surface area contributed by atoms with Crippen LogP contribution in [0.5, 0.6) is 5.75 Å². The van der Waals surface area contributed by atoms with Crippen LogP contribution >= 0.6 is 11.6 Å². The smallest absolute Gasteiger partial charge is 0.138 e. The molecular formula is C20H28ClN3O. The van der Waals surface area contributed by atoms with Gasteiger partial charge in [0, 0.05) is 23.2 Å². The summed E-state index contributed by atoms with van der Waals surface area (Å²) in [7, 11) is 0. The van der Waals surface area contributed by atoms with Crippen LogP contribution < -0.4 is 10.5 Å². The summed E-state index contributed by atoms with van der Waals surface area (Å²) in [5, 5.41) is 0.558. The Morgan fingerprint density at radius 3 is 2.52 bits per heavy atom. The molecule has 2 rings (SSSR count). The minimum atomic E-state index is -0.380. The molecule has 136 valence electrons. The van der Waals surface area contributed by atoms with Gasteiger partial charge in [0.15, 0.2) is 0 Å². The third-order valence-corrected chi connectivity index (χ3v) is 4.15. The predicted octanol–water partition coefficient (Wildman–Crippen LogP) is 5.06. The van der Waals surface area contributed by atoms with Gasteiger partial charge in [-0.1, -0.05) is 39.3 Å². The van der Waals surface area contributed by atoms with Crippen molar-refractivity contribution in [3.63, 3.8) is 0 Å². The van der Waals surface area contributed by atoms with Gasteiger partial charge in [0.05, 0.1) is 10.7 Å². The lowest BCUT2D eigenvalue weighted by Gasteiger charge is -2.26. The maximum Gasteiger partial charge on any atom is 0.138 e. The van der Waals surface area contributed by atoms with Gasteiger partial charge in [-0.3, -0.25) is 0 Å². The second-order valence-electron chi connectivity index (χ2n) is 7.64. The van der Waals surface area contributed by atoms with Crippen molar-refractivity contribution >= 4 is 11.6 Å². The van der Waals surface area contributed by atoms with E-state index in [1.54, 1.807) is 6.20 Å². The molecular weight excluding hydrogens is 334 g/mol. The Hall–Kier alpha value is -1.65. The summed E-state index contributed by atoms with van der Waals surface area (Å²) < 4.78 is 5.87. The first kappa shape index (κ1) is 19.7. The molecule has 0 saturated carbocycles. The van der Waals surface area contributed by atoms with Crippen molar-refractivity contribution in [1.29, 1.82) is 0 Å². The fourth-order valence-electron chi connectivity index (χ4n) is 2.82. The molecule has 5 heteroatoms. The van der Waals surface area contributed by atoms with Crippen LogP contribution in [0.25, 0.3) is 11.3 Å². The van der Waals surface area contributed by atoms with E-state index >= 15 is 0 Å². The standard InChI is InChI=1S/C20H28ClN3O/c1-13(2)11-20(5,22)12-25-18-7-6-15(10-16(18)21)17-8-9-23-19(24-17)14(3)4/h6-10,13-14H,11-12,22H2,1-5H3/t20-/m0/s1. The number of aromatic nitrogens is 2. The zero-order valence-electron chi connectivity index (χ0n) is 15.7. The van der Waals surface area contributed by atoms with Gasteiger partial charge in [0.2, 0.25) is 0 Å². The molecule has 1 aromatic heterocycles. The van der Waals surface area contributed by atoms with Crippen LogP contribution in [0.2, 0.25) is 5.02 Å². The van der Waals surface area contributed by atoms with Crippen LogP contribution in [0.3, 0.4) is 0 Å². The number of ether oxygens (including phenoxy) is 1. The molecule has 0 radical (unpaired) electrons. The quantitative estimate of drug-likeness (QED) is 0.748. The van der Waals surface area contributed by atoms with Gasteiger partial charge < -0.3 is 10.5 Å². The van der Waals surface area contributed by atoms with E-state index in [2.05, 4.69) is 37.7 Å². The molecule has 25 heavy (non-hydrogen) atoms. The van der Waals surface area contributed by atoms with E-state index in [1.165, 1.54) is 0 Å². The van der Waals surface area contributed by atoms with Gasteiger partial charge in [-0.15, -0.1) is 0 Å². The van der Waals surface area contributed by atoms with Crippen LogP contribution in [-0.4, -0.2) is 22.1 Å². The van der Waals surface area contributed by atoms with Gasteiger partial charge in [0.1, 0.15) is 18.2 Å². The average Bonchev–Trinajstić information content (AvgIpc) is 2.52. The summed E-state index contributed by atoms with van der Waals surface area (Å²) in [6.07, 6.45) is 2.67. The first-order chi connectivity index (χ1) is 11.7. The average molecular weight is 362 g/mol. The summed E-state index contributed by atoms with van der Waals surface area (Å²) in [4.78, 5) is 8.90. The number of hydrogen-bond donors (Lipinski definition) is 1. The third-order valence-electron chi connectivity index (χ3n) is 3.85. The Labute approximate surface area is 155 Å². The Morgan fingerprint density at radius 2 is 1.92 bits per heavy atom. The molecule has 2 aromatic rings. The minimum absolute atomic E-state index is 0.279. The van der Waals surface area contributed by atoms with Crippen molar-refractivity contribution in [3.8, 4) is 17.0 Å². The molecule has 0 saturated heterocycles. The number of nitrogens with two attached hydrogens (primary N) is 1. The van der Waals surface area contributed by atoms with Gasteiger partial charge in [-0.05, 0) is 43.5 Å². The fourth-order valence-corrected chi connectivity index (χ4v) is 3.06. The van der Waals surface area contributed by atoms with Gasteiger partial charge >= 0.3 is 0 Å². The lowest BCUT2D eigenvalue weighted by Crippen LogP contribution is -2.43. The zero-order valence-corrected chi connectivity index (χ0v) is 16.5. The number of benzene rings is 1. The van der Waals surface area contributed by atoms with Crippen molar-refractivity contribution < 1.29 is 4.74 Å². The Balaban J connectivity index is 2.14. The molecule has 0 aliphatic carbocycles. The summed E-state index contributed by atoms with van der Waals surface area (Å²) in [6.45, 7) is 10.9. The molecule has 2 N–H and O–H groups in total. The Bertz CT molecular complexity index is 714. The maximum atomic E-state index is 6.41. The number of hydrogen-bond acceptors (Lipinski definition) is 4. The molecule has 0 aliphatic heterocycles. The van der Waals surface area contributed by atoms with Crippen LogP contribution in [0.4, 0.5) is 0 Å². The molecule has 4 nitrogen and oxygen atoms in total. The highest BCUT2D eigenvalue weighted by Crippen LogP contribution is 2.30. The summed E-state index contributed by atoms with van der Waals surface area (Å²) in [5.74, 6) is 2.26. The van der Waals surface area contributed by atoms with Gasteiger partial charge in [-0.25, -0.2) is 9.97 Å². The van der Waals surface area contributed by atoms with E-state index < -0.39 is 0 Å². The highest BCUT2D eigenvalue weighted by molar-refractivity contribution is 6.32. The molecule has 1 atom stereocenters. The molecule has 1 heterocycles. The van der Waals surface area contributed by atoms with Crippen LogP contribution in [0, 0.1) is 5.92 Å². The topological polar surface area (TPSA) is 61.0 Å². The second kappa shape index (κ2) is 8.15. The van der Waals surface area contributed by atoms with Crippen molar-refractivity contribution in [1.82, 2.24) is 9.97 Å². The lowest BCUT2D eigenvalue weighted by molar-refractivity contribution is 0.207. The first-order valence-corrected chi connectivity index (χ1v) is 9.10. The number of nitrogens with zero attached hydrogens (tertiary/aromatic N) is 2. The second-order valence-corrected chi connectivity index (χ2v) is 8.05. The lowest BCUT2D eigenvalue weighted by atomic mass is 9.93. The van der Waals surface area contributed by atoms with E-state index in [0.717, 1.165) is 23.5 Å². The highest BCUT2D eigenvalue weighted by atomic mass is 35.5. The number of rotatable bonds is 7. The molecule has 0 spiro atoms. The summed E-state index contributed by atoms with van der Waals surface area (Å²) in [6, 6.07) is 7.60. The number of halogens is 1. The van der Waals surface area contributed by atoms with Crippen LogP contribution in [-0.2, 0) is 0 Å². The molecule has 0 unspecified atom stereocenters. The first-order valence-electron chi connectivity index (χ1n) is 8.72. The minimum Gasteiger partial charge on any atom is -0.490 e. The Morgan fingerprint density at radius 1 is 1.20 bits per heavy atom. The van der Waals surface area contributed by atoms with E-state index in [4.69, 9.17) is 22.1 Å². The SMILES string of the molecule is CC(C)C[C@](C)(N)COc1ccc(-c2ccnc(C(C)C)n2)cc1Cl. The van der Waals surface area contributed by atoms with E-state index in [9.17, 15) is 0 Å². The highest BCUT2D eigenvalue weighted by Gasteiger charge is 2.21. The predicted molar refractivity (Wildman–Crippen MR) is 104 cm³/mol. The van der Waals surface area contributed by atoms with Crippen molar-refractivity contribution in [2.45, 2.75) is 52.5 Å². The maximum absolute atomic E-state index is 6.41. The zero-order chi connectivity index (χ0) is 18.6. The van der Waals surface area contributed by atoms with E-state index in [-0.39, 0.29) is 11.5 Å². The van der Waals surface area contributed by atoms with E-state index in [1.807, 2.05) is 31.2 Å². The van der Waals surface area contributed by atoms with Crippen molar-refractivity contribution in [2.24, 2.45) is 11.7 Å². The largest absolute Gasteiger partial charge is 0.490 e. The molecule has 0 bridgehead atoms. The summed E-state index contributed by atoms with van der Waals surface area (Å²) >= 11 is 6.41. The normalized spacial score (nSPS) is 14.0. The molecule has 0 fully saturated rings. The fraction of sp³-hybridized carbons (Fsp3) is 0.500. The Kier molecular flexibility index (Phi) is 6.42. The van der Waals surface area contributed by atoms with Gasteiger partial charge in [0.25, 0.3) is 0 Å². The van der Waals surface area contributed by atoms with E-state index in [0.29, 0.717) is 23.3 Å². The summed E-state index contributed by atoms with van der Waals surface area (Å²) in [5.41, 5.74) is 7.72. The monoisotopic (exact) mass is 361 g/mol. The van der Waals surface area contributed by atoms with Crippen molar-refractivity contribution in [3.05, 3.63) is 41.3 Å². The molecule has 1 aromatic carbocycles. The van der Waals surface area contributed by atoms with Gasteiger partial charge in [-0.2, -0.15) is 0 Å².